The van der Waals surface area contributed by atoms with Crippen molar-refractivity contribution < 1.29 is 75.5 Å². The average Bonchev–Trinajstić information content (AvgIpc) is 0.801. The molecule has 0 spiro atoms. The molecule has 28 heteroatoms. The SMILES string of the molecule is C/C=C/C[C@@H](C)[C@@H](OC(C)=O)[C@H]1C(=O)N[C@@H](CCC)C(=O)N(C)[C@H](CCC=O)C(=O)N(C)C([C@H](C)CS(C)(=O)=O)C(=O)N[C@@H](C(C)C)C(=O)N(C)[C@@H](CCC(C)C)C(=O)N[C@@H](C)C(=O)N[C@H](C)C(=O)N(C)[C@@H](CC(C)C)C(=O)N(C)[C@@H](CC(C)C)C(=O)N(C)[C@@H](C(C)C)C(=O)N1C. The molecular weight excluding hydrogens is 1270 g/mol. The summed E-state index contributed by atoms with van der Waals surface area (Å²) in [6, 6.07) is -15.5. The van der Waals surface area contributed by atoms with Gasteiger partial charge in [-0.05, 0) is 107 Å². The lowest BCUT2D eigenvalue weighted by Crippen LogP contribution is -2.64. The van der Waals surface area contributed by atoms with Gasteiger partial charge in [0.2, 0.25) is 65.0 Å². The third-order valence-corrected chi connectivity index (χ3v) is 19.2. The van der Waals surface area contributed by atoms with Gasteiger partial charge >= 0.3 is 5.97 Å². The van der Waals surface area contributed by atoms with Gasteiger partial charge in [-0.2, -0.15) is 0 Å². The fraction of sp³-hybridized carbons (Fsp3) is 0.783. The lowest BCUT2D eigenvalue weighted by atomic mass is 9.91. The Morgan fingerprint density at radius 2 is 0.979 bits per heavy atom. The molecule has 97 heavy (non-hydrogen) atoms. The van der Waals surface area contributed by atoms with Gasteiger partial charge in [0.25, 0.3) is 0 Å². The maximum Gasteiger partial charge on any atom is 0.303 e. The predicted molar refractivity (Wildman–Crippen MR) is 371 cm³/mol. The molecule has 0 aromatic carbocycles. The van der Waals surface area contributed by atoms with Gasteiger partial charge in [0, 0.05) is 68.9 Å². The summed E-state index contributed by atoms with van der Waals surface area (Å²) in [4.78, 5) is 198. The van der Waals surface area contributed by atoms with E-state index in [-0.39, 0.29) is 69.1 Å². The number of rotatable bonds is 22. The van der Waals surface area contributed by atoms with Crippen LogP contribution in [0, 0.1) is 41.4 Å². The van der Waals surface area contributed by atoms with Crippen molar-refractivity contribution in [2.75, 3.05) is 61.3 Å². The van der Waals surface area contributed by atoms with Gasteiger partial charge < -0.3 is 65.1 Å². The molecule has 4 N–H and O–H groups in total. The molecule has 554 valence electrons. The van der Waals surface area contributed by atoms with Crippen LogP contribution < -0.4 is 21.3 Å². The first kappa shape index (κ1) is 88.0. The Hall–Kier alpha value is -7.00. The Balaban J connectivity index is 4.74. The highest BCUT2D eigenvalue weighted by Gasteiger charge is 2.48. The quantitative estimate of drug-likeness (QED) is 0.0683. The Kier molecular flexibility index (Phi) is 36.4. The molecular formula is C69H121N11O16S. The summed E-state index contributed by atoms with van der Waals surface area (Å²) in [6.45, 7) is 28.4. The van der Waals surface area contributed by atoms with Crippen molar-refractivity contribution >= 4 is 87.1 Å². The summed E-state index contributed by atoms with van der Waals surface area (Å²) in [6.07, 6.45) is 4.04. The molecule has 1 rings (SSSR count). The van der Waals surface area contributed by atoms with Crippen LogP contribution in [0.4, 0.5) is 0 Å². The number of hydrogen-bond acceptors (Lipinski definition) is 16. The Morgan fingerprint density at radius 1 is 0.515 bits per heavy atom. The lowest BCUT2D eigenvalue weighted by Gasteiger charge is -2.42. The molecule has 1 fully saturated rings. The number of likely N-dealkylation sites (N-methyl/N-ethyl adjacent to an activating group) is 7. The number of carbonyl (C=O) groups is 13. The molecule has 0 saturated carbocycles. The zero-order valence-corrected chi connectivity index (χ0v) is 63.7. The highest BCUT2D eigenvalue weighted by Crippen LogP contribution is 2.28. The molecule has 1 heterocycles. The van der Waals surface area contributed by atoms with Crippen LogP contribution in [0.5, 0.6) is 0 Å². The summed E-state index contributed by atoms with van der Waals surface area (Å²) >= 11 is 0. The summed E-state index contributed by atoms with van der Waals surface area (Å²) in [7, 11) is 5.50. The first-order valence-corrected chi connectivity index (χ1v) is 36.3. The minimum atomic E-state index is -3.89. The number of hydrogen-bond donors (Lipinski definition) is 4. The van der Waals surface area contributed by atoms with E-state index in [0.29, 0.717) is 12.7 Å². The van der Waals surface area contributed by atoms with Gasteiger partial charge in [-0.25, -0.2) is 8.42 Å². The standard InChI is InChI=1S/C69H121N11O16S/c1-26-28-31-44(13)58(96-48(17)82)57-62(86)72-49(30-27-2)64(88)75(19)51(32-29-35-81)65(89)79(23)56(45(14)38-97(25,94)95)61(85)73-54(42(9)10)68(92)74(18)50(34-33-39(3)4)60(84)70-46(15)59(83)71-47(16)63(87)76(20)52(36-40(5)6)66(90)77(21)53(37-41(7)8)67(91)78(22)55(43(11)12)69(93)80(57)24/h26,28,35,39-47,49-58H,27,29-34,36-38H2,1-25H3,(H,70,84)(H,71,83)(H,72,86)(H,73,85)/b28-26+/t44-,45-,46+,47-,49+,50+,51-,52+,53+,54+,55+,56?,57+,58-/m1/s1. The largest absolute Gasteiger partial charge is 0.459 e. The van der Waals surface area contributed by atoms with Gasteiger partial charge in [0.05, 0.1) is 5.75 Å². The summed E-state index contributed by atoms with van der Waals surface area (Å²) in [5.74, 6) is -14.0. The topological polar surface area (TPSA) is 336 Å². The van der Waals surface area contributed by atoms with Gasteiger partial charge in [-0.1, -0.05) is 109 Å². The zero-order chi connectivity index (χ0) is 75.2. The van der Waals surface area contributed by atoms with Crippen LogP contribution in [-0.2, 0) is 76.9 Å². The summed E-state index contributed by atoms with van der Waals surface area (Å²) < 4.78 is 32.1. The summed E-state index contributed by atoms with van der Waals surface area (Å²) in [5.41, 5.74) is 0. The molecule has 1 unspecified atom stereocenters. The summed E-state index contributed by atoms with van der Waals surface area (Å²) in [5, 5.41) is 10.9. The Labute approximate surface area is 578 Å². The van der Waals surface area contributed by atoms with Gasteiger partial charge in [-0.15, -0.1) is 0 Å². The van der Waals surface area contributed by atoms with Crippen LogP contribution in [0.25, 0.3) is 0 Å². The number of nitrogens with one attached hydrogen (secondary N) is 4. The van der Waals surface area contributed by atoms with E-state index in [9.17, 15) is 37.2 Å². The van der Waals surface area contributed by atoms with Crippen molar-refractivity contribution in [1.29, 1.82) is 0 Å². The van der Waals surface area contributed by atoms with Crippen LogP contribution in [0.2, 0.25) is 0 Å². The van der Waals surface area contributed by atoms with Crippen molar-refractivity contribution in [3.63, 3.8) is 0 Å². The number of amides is 11. The minimum Gasteiger partial charge on any atom is -0.459 e. The maximum absolute atomic E-state index is 15.6. The second-order valence-electron chi connectivity index (χ2n) is 28.7. The molecule has 0 bridgehead atoms. The van der Waals surface area contributed by atoms with Crippen LogP contribution in [0.1, 0.15) is 175 Å². The van der Waals surface area contributed by atoms with E-state index in [4.69, 9.17) is 4.74 Å². The highest BCUT2D eigenvalue weighted by molar-refractivity contribution is 7.90. The highest BCUT2D eigenvalue weighted by atomic mass is 32.2. The fourth-order valence-electron chi connectivity index (χ4n) is 12.5. The predicted octanol–water partition coefficient (Wildman–Crippen LogP) is 3.60. The molecule has 1 saturated heterocycles. The van der Waals surface area contributed by atoms with Gasteiger partial charge in [0.1, 0.15) is 88.7 Å². The number of esters is 1. The average molecular weight is 1390 g/mol. The van der Waals surface area contributed by atoms with Gasteiger partial charge in [0.15, 0.2) is 0 Å². The van der Waals surface area contributed by atoms with Crippen LogP contribution in [0.3, 0.4) is 0 Å². The number of aldehydes is 1. The third-order valence-electron chi connectivity index (χ3n) is 18.0. The van der Waals surface area contributed by atoms with E-state index in [1.54, 1.807) is 60.6 Å². The second kappa shape index (κ2) is 40.2. The van der Waals surface area contributed by atoms with Crippen LogP contribution in [0.15, 0.2) is 12.2 Å². The van der Waals surface area contributed by atoms with Crippen LogP contribution >= 0.6 is 0 Å². The monoisotopic (exact) mass is 1390 g/mol. The molecule has 11 amide bonds. The fourth-order valence-corrected chi connectivity index (χ4v) is 13.6. The number of ether oxygens (including phenoxy) is 1. The van der Waals surface area contributed by atoms with Crippen LogP contribution in [-0.4, -0.2) is 254 Å². The molecule has 0 radical (unpaired) electrons. The van der Waals surface area contributed by atoms with Crippen molar-refractivity contribution in [3.05, 3.63) is 12.2 Å². The number of carbonyl (C=O) groups excluding carboxylic acids is 13. The Morgan fingerprint density at radius 3 is 1.44 bits per heavy atom. The van der Waals surface area contributed by atoms with E-state index < -0.39 is 183 Å². The van der Waals surface area contributed by atoms with Crippen molar-refractivity contribution in [2.45, 2.75) is 248 Å². The molecule has 1 aliphatic heterocycles. The zero-order valence-electron chi connectivity index (χ0n) is 62.8. The van der Waals surface area contributed by atoms with Crippen molar-refractivity contribution in [3.8, 4) is 0 Å². The number of nitrogens with zero attached hydrogens (tertiary/aromatic N) is 7. The van der Waals surface area contributed by atoms with E-state index in [2.05, 4.69) is 21.3 Å². The smallest absolute Gasteiger partial charge is 0.303 e. The first-order chi connectivity index (χ1) is 44.8. The van der Waals surface area contributed by atoms with E-state index in [1.807, 2.05) is 41.5 Å². The third kappa shape index (κ3) is 25.7. The second-order valence-corrected chi connectivity index (χ2v) is 30.9. The molecule has 0 aromatic heterocycles. The number of allylic oxidation sites excluding steroid dienone is 2. The van der Waals surface area contributed by atoms with Gasteiger partial charge in [-0.3, -0.25) is 57.5 Å². The first-order valence-electron chi connectivity index (χ1n) is 34.3. The lowest BCUT2D eigenvalue weighted by molar-refractivity contribution is -0.164. The van der Waals surface area contributed by atoms with Crippen molar-refractivity contribution in [2.24, 2.45) is 41.4 Å². The van der Waals surface area contributed by atoms with E-state index in [1.165, 1.54) is 84.8 Å². The van der Waals surface area contributed by atoms with E-state index in [0.717, 1.165) is 32.8 Å². The van der Waals surface area contributed by atoms with E-state index >= 15 is 33.6 Å². The maximum atomic E-state index is 15.6. The van der Waals surface area contributed by atoms with Crippen molar-refractivity contribution in [1.82, 2.24) is 55.6 Å². The molecule has 0 aliphatic carbocycles. The normalized spacial score (nSPS) is 26.1. The Bertz CT molecular complexity index is 2870. The minimum absolute atomic E-state index is 0.0189. The number of sulfone groups is 1. The molecule has 14 atom stereocenters. The molecule has 27 nitrogen and oxygen atoms in total. The molecule has 0 aromatic rings. The molecule has 1 aliphatic rings.